The lowest BCUT2D eigenvalue weighted by Crippen LogP contribution is -2.42. The molecule has 0 saturated heterocycles. The molecule has 32 heavy (non-hydrogen) atoms. The number of allylic oxidation sites excluding steroid dienone is 5. The third kappa shape index (κ3) is 7.21. The van der Waals surface area contributed by atoms with Gasteiger partial charge in [-0.1, -0.05) is 49.8 Å². The van der Waals surface area contributed by atoms with Crippen molar-refractivity contribution in [3.05, 3.63) is 59.4 Å². The van der Waals surface area contributed by atoms with Crippen molar-refractivity contribution in [1.82, 2.24) is 16.0 Å². The van der Waals surface area contributed by atoms with Crippen LogP contribution < -0.4 is 16.0 Å². The van der Waals surface area contributed by atoms with Crippen LogP contribution in [0, 0.1) is 5.41 Å². The summed E-state index contributed by atoms with van der Waals surface area (Å²) in [7, 11) is 0. The highest BCUT2D eigenvalue weighted by atomic mass is 16.3. The van der Waals surface area contributed by atoms with Gasteiger partial charge < -0.3 is 21.1 Å². The van der Waals surface area contributed by atoms with Crippen molar-refractivity contribution in [2.75, 3.05) is 13.1 Å². The summed E-state index contributed by atoms with van der Waals surface area (Å²) < 4.78 is 0. The van der Waals surface area contributed by atoms with Crippen LogP contribution in [-0.4, -0.2) is 41.3 Å². The molecule has 0 aromatic carbocycles. The van der Waals surface area contributed by atoms with Gasteiger partial charge in [-0.3, -0.25) is 4.79 Å². The molecule has 3 aliphatic rings. The van der Waals surface area contributed by atoms with E-state index in [0.717, 1.165) is 50.9 Å². The predicted octanol–water partition coefficient (Wildman–Crippen LogP) is 4.05. The molecule has 5 nitrogen and oxygen atoms in total. The van der Waals surface area contributed by atoms with E-state index in [2.05, 4.69) is 41.9 Å². The first-order valence-electron chi connectivity index (χ1n) is 11.9. The molecule has 3 unspecified atom stereocenters. The highest BCUT2D eigenvalue weighted by molar-refractivity contribution is 5.74. The topological polar surface area (TPSA) is 73.4 Å². The molecule has 0 bridgehead atoms. The van der Waals surface area contributed by atoms with Gasteiger partial charge in [0.2, 0.25) is 5.91 Å². The highest BCUT2D eigenvalue weighted by Crippen LogP contribution is 2.41. The summed E-state index contributed by atoms with van der Waals surface area (Å²) in [5.41, 5.74) is 2.89. The summed E-state index contributed by atoms with van der Waals surface area (Å²) in [4.78, 5) is 11.6. The minimum atomic E-state index is -0.695. The number of carbonyl (C=O) groups is 1. The van der Waals surface area contributed by atoms with Crippen molar-refractivity contribution < 1.29 is 9.90 Å². The molecule has 3 rings (SSSR count). The van der Waals surface area contributed by atoms with Crippen LogP contribution >= 0.6 is 0 Å². The second kappa shape index (κ2) is 9.80. The van der Waals surface area contributed by atoms with Crippen LogP contribution in [0.1, 0.15) is 66.7 Å². The quantitative estimate of drug-likeness (QED) is 0.471. The minimum Gasteiger partial charge on any atom is -0.390 e. The van der Waals surface area contributed by atoms with Gasteiger partial charge >= 0.3 is 0 Å². The standard InChI is InChI=1S/C27H41N3O2/c1-20(31)30-26(4)12-7-6-10-23(18-26)28-13-14-29-24-15-22-16-25(2,3)11-8-9-21(22)17-27(5,32)19-24/h6-10,12,18,24,28-29,32H,11,13-17,19H2,1-5H3,(H,30,31). The first kappa shape index (κ1) is 24.5. The molecule has 4 N–H and O–H groups in total. The Balaban J connectivity index is 1.59. The normalized spacial score (nSPS) is 31.8. The van der Waals surface area contributed by atoms with E-state index in [1.54, 1.807) is 0 Å². The van der Waals surface area contributed by atoms with Crippen molar-refractivity contribution in [1.29, 1.82) is 0 Å². The summed E-state index contributed by atoms with van der Waals surface area (Å²) in [6, 6.07) is 0.256. The molecule has 3 aliphatic carbocycles. The SMILES string of the molecule is CC(=O)NC1(C)C=CC=CC(NCCNC2CC3=C(C=CCC(C)(C)C3)CC(C)(O)C2)=C1. The van der Waals surface area contributed by atoms with Gasteiger partial charge in [0, 0.05) is 38.2 Å². The Morgan fingerprint density at radius 2 is 1.91 bits per heavy atom. The largest absolute Gasteiger partial charge is 0.390 e. The van der Waals surface area contributed by atoms with Gasteiger partial charge in [0.1, 0.15) is 0 Å². The third-order valence-corrected chi connectivity index (χ3v) is 6.50. The lowest BCUT2D eigenvalue weighted by atomic mass is 9.81. The summed E-state index contributed by atoms with van der Waals surface area (Å²) in [5, 5.41) is 21.2. The molecule has 176 valence electrons. The van der Waals surface area contributed by atoms with Gasteiger partial charge in [-0.05, 0) is 62.7 Å². The second-order valence-electron chi connectivity index (χ2n) is 11.0. The smallest absolute Gasteiger partial charge is 0.217 e. The van der Waals surface area contributed by atoms with Crippen LogP contribution in [0.15, 0.2) is 59.4 Å². The zero-order chi connectivity index (χ0) is 23.4. The molecular formula is C27H41N3O2. The number of hydrogen-bond donors (Lipinski definition) is 4. The van der Waals surface area contributed by atoms with Crippen LogP contribution in [0.2, 0.25) is 0 Å². The van der Waals surface area contributed by atoms with Crippen LogP contribution in [0.4, 0.5) is 0 Å². The molecular weight excluding hydrogens is 398 g/mol. The lowest BCUT2D eigenvalue weighted by Gasteiger charge is -2.28. The summed E-state index contributed by atoms with van der Waals surface area (Å²) in [5.74, 6) is -0.0538. The Kier molecular flexibility index (Phi) is 7.51. The van der Waals surface area contributed by atoms with E-state index in [0.29, 0.717) is 0 Å². The van der Waals surface area contributed by atoms with Crippen LogP contribution in [0.25, 0.3) is 0 Å². The zero-order valence-electron chi connectivity index (χ0n) is 20.4. The molecule has 3 atom stereocenters. The van der Waals surface area contributed by atoms with Crippen molar-refractivity contribution in [2.45, 2.75) is 83.9 Å². The van der Waals surface area contributed by atoms with Gasteiger partial charge in [-0.25, -0.2) is 0 Å². The molecule has 0 aliphatic heterocycles. The molecule has 0 saturated carbocycles. The Morgan fingerprint density at radius 1 is 1.12 bits per heavy atom. The fourth-order valence-electron chi connectivity index (χ4n) is 5.20. The first-order chi connectivity index (χ1) is 15.0. The Labute approximate surface area is 193 Å². The van der Waals surface area contributed by atoms with Crippen LogP contribution in [-0.2, 0) is 4.79 Å². The Hall–Kier alpha value is -2.11. The van der Waals surface area contributed by atoms with E-state index in [1.807, 2.05) is 44.2 Å². The second-order valence-corrected chi connectivity index (χ2v) is 11.0. The van der Waals surface area contributed by atoms with Crippen molar-refractivity contribution in [2.24, 2.45) is 5.41 Å². The number of rotatable bonds is 6. The fourth-order valence-corrected chi connectivity index (χ4v) is 5.20. The monoisotopic (exact) mass is 439 g/mol. The fraction of sp³-hybridized carbons (Fsp3) is 0.593. The maximum atomic E-state index is 11.6. The average Bonchev–Trinajstić information content (AvgIpc) is 2.95. The molecule has 0 spiro atoms. The van der Waals surface area contributed by atoms with E-state index in [9.17, 15) is 9.90 Å². The molecule has 0 aromatic rings. The van der Waals surface area contributed by atoms with E-state index in [-0.39, 0.29) is 17.4 Å². The number of aliphatic hydroxyl groups is 1. The maximum Gasteiger partial charge on any atom is 0.217 e. The predicted molar refractivity (Wildman–Crippen MR) is 132 cm³/mol. The summed E-state index contributed by atoms with van der Waals surface area (Å²) in [6.07, 6.45) is 19.2. The van der Waals surface area contributed by atoms with Crippen molar-refractivity contribution in [3.8, 4) is 0 Å². The van der Waals surface area contributed by atoms with E-state index in [4.69, 9.17) is 0 Å². The number of nitrogens with one attached hydrogen (secondary N) is 3. The van der Waals surface area contributed by atoms with E-state index < -0.39 is 11.1 Å². The van der Waals surface area contributed by atoms with Crippen molar-refractivity contribution >= 4 is 5.91 Å². The summed E-state index contributed by atoms with van der Waals surface area (Å²) in [6.45, 7) is 11.7. The number of hydrogen-bond acceptors (Lipinski definition) is 4. The molecule has 0 fully saturated rings. The summed E-state index contributed by atoms with van der Waals surface area (Å²) >= 11 is 0. The molecule has 0 aromatic heterocycles. The molecule has 1 amide bonds. The van der Waals surface area contributed by atoms with Gasteiger partial charge in [-0.15, -0.1) is 0 Å². The molecule has 5 heteroatoms. The third-order valence-electron chi connectivity index (χ3n) is 6.50. The number of carbonyl (C=O) groups excluding carboxylic acids is 1. The van der Waals surface area contributed by atoms with Crippen molar-refractivity contribution in [3.63, 3.8) is 0 Å². The molecule has 0 radical (unpaired) electrons. The Bertz CT molecular complexity index is 860. The van der Waals surface area contributed by atoms with E-state index in [1.165, 1.54) is 18.1 Å². The van der Waals surface area contributed by atoms with Crippen LogP contribution in [0.5, 0.6) is 0 Å². The number of amides is 1. The van der Waals surface area contributed by atoms with Crippen LogP contribution in [0.3, 0.4) is 0 Å². The maximum absolute atomic E-state index is 11.6. The average molecular weight is 440 g/mol. The Morgan fingerprint density at radius 3 is 2.66 bits per heavy atom. The van der Waals surface area contributed by atoms with Gasteiger partial charge in [-0.2, -0.15) is 0 Å². The first-order valence-corrected chi connectivity index (χ1v) is 11.9. The highest BCUT2D eigenvalue weighted by Gasteiger charge is 2.34. The van der Waals surface area contributed by atoms with Gasteiger partial charge in [0.25, 0.3) is 0 Å². The lowest BCUT2D eigenvalue weighted by molar-refractivity contribution is -0.119. The zero-order valence-corrected chi connectivity index (χ0v) is 20.4. The van der Waals surface area contributed by atoms with E-state index >= 15 is 0 Å². The molecule has 0 heterocycles. The minimum absolute atomic E-state index is 0.0538. The van der Waals surface area contributed by atoms with Gasteiger partial charge in [0.15, 0.2) is 0 Å². The van der Waals surface area contributed by atoms with Gasteiger partial charge in [0.05, 0.1) is 11.1 Å².